The number of hydrogen-bond donors (Lipinski definition) is 1. The summed E-state index contributed by atoms with van der Waals surface area (Å²) in [5, 5.41) is 6.85. The lowest BCUT2D eigenvalue weighted by molar-refractivity contribution is 0.0467. The monoisotopic (exact) mass is 331 g/mol. The highest BCUT2D eigenvalue weighted by molar-refractivity contribution is 5.92. The van der Waals surface area contributed by atoms with E-state index in [1.54, 1.807) is 19.9 Å². The normalized spacial score (nSPS) is 16.8. The molecule has 1 N–H and O–H groups in total. The van der Waals surface area contributed by atoms with Gasteiger partial charge in [0.1, 0.15) is 17.6 Å². The van der Waals surface area contributed by atoms with E-state index in [4.69, 9.17) is 9.26 Å². The molecule has 24 heavy (non-hydrogen) atoms. The van der Waals surface area contributed by atoms with Gasteiger partial charge in [-0.15, -0.1) is 0 Å². The fourth-order valence-corrected chi connectivity index (χ4v) is 2.92. The second kappa shape index (κ2) is 7.04. The molecule has 8 heteroatoms. The van der Waals surface area contributed by atoms with Gasteiger partial charge in [0.25, 0.3) is 5.91 Å². The topological polar surface area (TPSA) is 103 Å². The highest BCUT2D eigenvalue weighted by Gasteiger charge is 2.31. The SMILES string of the molecule is Cc1cc(C(=O)NC(c2nc(C)no2)C2CCOCC2)nc(C)n1. The molecule has 1 atom stereocenters. The van der Waals surface area contributed by atoms with Crippen molar-refractivity contribution < 1.29 is 14.1 Å². The molecule has 1 aliphatic heterocycles. The Hall–Kier alpha value is -2.35. The first-order valence-corrected chi connectivity index (χ1v) is 8.04. The Morgan fingerprint density at radius 1 is 1.17 bits per heavy atom. The van der Waals surface area contributed by atoms with E-state index in [0.29, 0.717) is 36.4 Å². The van der Waals surface area contributed by atoms with Crippen molar-refractivity contribution in [3.63, 3.8) is 0 Å². The Kier molecular flexibility index (Phi) is 4.84. The first-order valence-electron chi connectivity index (χ1n) is 8.04. The molecule has 1 saturated heterocycles. The average molecular weight is 331 g/mol. The third-order valence-corrected chi connectivity index (χ3v) is 4.03. The van der Waals surface area contributed by atoms with E-state index >= 15 is 0 Å². The molecule has 3 rings (SSSR count). The van der Waals surface area contributed by atoms with Crippen LogP contribution in [0.4, 0.5) is 0 Å². The Labute approximate surface area is 140 Å². The number of nitrogens with one attached hydrogen (secondary N) is 1. The predicted molar refractivity (Wildman–Crippen MR) is 84.3 cm³/mol. The molecule has 3 heterocycles. The lowest BCUT2D eigenvalue weighted by Crippen LogP contribution is -2.36. The summed E-state index contributed by atoms with van der Waals surface area (Å²) in [7, 11) is 0. The summed E-state index contributed by atoms with van der Waals surface area (Å²) in [6.07, 6.45) is 1.66. The molecule has 0 spiro atoms. The second-order valence-electron chi connectivity index (χ2n) is 6.02. The Balaban J connectivity index is 1.84. The zero-order valence-electron chi connectivity index (χ0n) is 14.1. The summed E-state index contributed by atoms with van der Waals surface area (Å²) in [6, 6.07) is 1.32. The van der Waals surface area contributed by atoms with Crippen molar-refractivity contribution in [2.24, 2.45) is 5.92 Å². The van der Waals surface area contributed by atoms with Gasteiger partial charge in [0, 0.05) is 18.9 Å². The molecule has 2 aromatic heterocycles. The fraction of sp³-hybridized carbons (Fsp3) is 0.562. The maximum atomic E-state index is 12.7. The summed E-state index contributed by atoms with van der Waals surface area (Å²) in [6.45, 7) is 6.68. The number of carbonyl (C=O) groups is 1. The second-order valence-corrected chi connectivity index (χ2v) is 6.02. The van der Waals surface area contributed by atoms with Crippen molar-refractivity contribution >= 4 is 5.91 Å². The van der Waals surface area contributed by atoms with Crippen LogP contribution in [0.15, 0.2) is 10.6 Å². The van der Waals surface area contributed by atoms with E-state index in [9.17, 15) is 4.79 Å². The summed E-state index contributed by atoms with van der Waals surface area (Å²) in [4.78, 5) is 25.4. The number of nitrogens with zero attached hydrogens (tertiary/aromatic N) is 4. The van der Waals surface area contributed by atoms with Gasteiger partial charge in [-0.25, -0.2) is 9.97 Å². The number of rotatable bonds is 4. The van der Waals surface area contributed by atoms with Gasteiger partial charge in [0.2, 0.25) is 5.89 Å². The molecule has 1 aliphatic rings. The number of aryl methyl sites for hydroxylation is 3. The van der Waals surface area contributed by atoms with Gasteiger partial charge in [-0.05, 0) is 45.6 Å². The summed E-state index contributed by atoms with van der Waals surface area (Å²) >= 11 is 0. The predicted octanol–water partition coefficient (Wildman–Crippen LogP) is 1.68. The van der Waals surface area contributed by atoms with E-state index < -0.39 is 0 Å². The van der Waals surface area contributed by atoms with E-state index in [2.05, 4.69) is 25.4 Å². The molecule has 0 aromatic carbocycles. The van der Waals surface area contributed by atoms with Crippen LogP contribution in [0.3, 0.4) is 0 Å². The van der Waals surface area contributed by atoms with Crippen LogP contribution in [0.25, 0.3) is 0 Å². The first kappa shape index (κ1) is 16.5. The van der Waals surface area contributed by atoms with Crippen molar-refractivity contribution in [3.8, 4) is 0 Å². The number of aromatic nitrogens is 4. The number of carbonyl (C=O) groups excluding carboxylic acids is 1. The van der Waals surface area contributed by atoms with Crippen molar-refractivity contribution in [2.45, 2.75) is 39.7 Å². The lowest BCUT2D eigenvalue weighted by atomic mass is 9.91. The minimum Gasteiger partial charge on any atom is -0.381 e. The molecule has 2 aromatic rings. The zero-order chi connectivity index (χ0) is 17.1. The Morgan fingerprint density at radius 2 is 1.92 bits per heavy atom. The van der Waals surface area contributed by atoms with Crippen LogP contribution in [0.5, 0.6) is 0 Å². The Bertz CT molecular complexity index is 704. The van der Waals surface area contributed by atoms with Crippen molar-refractivity contribution in [1.29, 1.82) is 0 Å². The maximum Gasteiger partial charge on any atom is 0.270 e. The highest BCUT2D eigenvalue weighted by Crippen LogP contribution is 2.29. The van der Waals surface area contributed by atoms with Crippen LogP contribution in [0, 0.1) is 26.7 Å². The summed E-state index contributed by atoms with van der Waals surface area (Å²) < 4.78 is 10.7. The lowest BCUT2D eigenvalue weighted by Gasteiger charge is -2.28. The molecule has 0 aliphatic carbocycles. The number of amides is 1. The van der Waals surface area contributed by atoms with Gasteiger partial charge in [-0.3, -0.25) is 4.79 Å². The van der Waals surface area contributed by atoms with Crippen LogP contribution in [-0.4, -0.2) is 39.2 Å². The molecule has 0 saturated carbocycles. The van der Waals surface area contributed by atoms with Gasteiger partial charge in [-0.1, -0.05) is 5.16 Å². The molecular weight excluding hydrogens is 310 g/mol. The largest absolute Gasteiger partial charge is 0.381 e. The maximum absolute atomic E-state index is 12.7. The minimum atomic E-state index is -0.349. The number of hydrogen-bond acceptors (Lipinski definition) is 7. The van der Waals surface area contributed by atoms with Gasteiger partial charge in [-0.2, -0.15) is 4.98 Å². The smallest absolute Gasteiger partial charge is 0.270 e. The molecule has 128 valence electrons. The number of ether oxygens (including phenoxy) is 1. The van der Waals surface area contributed by atoms with Crippen LogP contribution >= 0.6 is 0 Å². The van der Waals surface area contributed by atoms with Crippen molar-refractivity contribution in [2.75, 3.05) is 13.2 Å². The van der Waals surface area contributed by atoms with E-state index in [-0.39, 0.29) is 17.9 Å². The van der Waals surface area contributed by atoms with Crippen LogP contribution in [-0.2, 0) is 4.74 Å². The van der Waals surface area contributed by atoms with E-state index in [1.807, 2.05) is 6.92 Å². The first-order chi connectivity index (χ1) is 11.5. The fourth-order valence-electron chi connectivity index (χ4n) is 2.92. The van der Waals surface area contributed by atoms with Gasteiger partial charge in [0.15, 0.2) is 5.82 Å². The molecule has 8 nitrogen and oxygen atoms in total. The third kappa shape index (κ3) is 3.76. The molecule has 1 unspecified atom stereocenters. The van der Waals surface area contributed by atoms with Crippen molar-refractivity contribution in [1.82, 2.24) is 25.4 Å². The summed E-state index contributed by atoms with van der Waals surface area (Å²) in [5.41, 5.74) is 1.09. The van der Waals surface area contributed by atoms with Gasteiger partial charge in [0.05, 0.1) is 0 Å². The molecule has 0 bridgehead atoms. The quantitative estimate of drug-likeness (QED) is 0.909. The average Bonchev–Trinajstić information content (AvgIpc) is 2.98. The zero-order valence-corrected chi connectivity index (χ0v) is 14.1. The molecule has 1 amide bonds. The van der Waals surface area contributed by atoms with Crippen LogP contribution in [0.1, 0.15) is 52.6 Å². The van der Waals surface area contributed by atoms with E-state index in [1.165, 1.54) is 0 Å². The van der Waals surface area contributed by atoms with Crippen LogP contribution < -0.4 is 5.32 Å². The molecule has 1 fully saturated rings. The van der Waals surface area contributed by atoms with Gasteiger partial charge < -0.3 is 14.6 Å². The standard InChI is InChI=1S/C16H21N5O3/c1-9-8-13(18-10(2)17-9)15(22)20-14(12-4-6-23-7-5-12)16-19-11(3)21-24-16/h8,12,14H,4-7H2,1-3H3,(H,20,22). The highest BCUT2D eigenvalue weighted by atomic mass is 16.5. The molecule has 0 radical (unpaired) electrons. The summed E-state index contributed by atoms with van der Waals surface area (Å²) in [5.74, 6) is 1.46. The van der Waals surface area contributed by atoms with Gasteiger partial charge >= 0.3 is 0 Å². The third-order valence-electron chi connectivity index (χ3n) is 4.03. The van der Waals surface area contributed by atoms with E-state index in [0.717, 1.165) is 18.5 Å². The van der Waals surface area contributed by atoms with Crippen molar-refractivity contribution in [3.05, 3.63) is 35.0 Å². The van der Waals surface area contributed by atoms with Crippen LogP contribution in [0.2, 0.25) is 0 Å². The minimum absolute atomic E-state index is 0.187. The Morgan fingerprint density at radius 3 is 2.54 bits per heavy atom. The molecular formula is C16H21N5O3.